The summed E-state index contributed by atoms with van der Waals surface area (Å²) in [4.78, 5) is 2.01. The molecule has 1 N–H and O–H groups in total. The van der Waals surface area contributed by atoms with E-state index in [9.17, 15) is 30.4 Å². The molecule has 1 atom stereocenters. The molecule has 0 saturated carbocycles. The van der Waals surface area contributed by atoms with Gasteiger partial charge in [0.15, 0.2) is 0 Å². The zero-order chi connectivity index (χ0) is 20.4. The standard InChI is InChI=1S/C9H9F3O3S.C5H14N2O2S/c1-2-7-3-5-8(6-4-7)15-16(13,14)9(10,11)12;1-7(2)5-3-4-6-10(8)9/h3-6H,2H2,1H3;6H,3-5H2,1-2H3,(H,8,9)/p-1. The Kier molecular flexibility index (Phi) is 11.0. The number of nitrogens with zero attached hydrogens (tertiary/aromatic N) is 1. The third-order valence-corrected chi connectivity index (χ3v) is 4.24. The van der Waals surface area contributed by atoms with Crippen LogP contribution in [0.5, 0.6) is 5.75 Å². The van der Waals surface area contributed by atoms with Gasteiger partial charge in [-0.05, 0) is 51.2 Å². The van der Waals surface area contributed by atoms with E-state index in [1.807, 2.05) is 25.9 Å². The molecule has 0 fully saturated rings. The quantitative estimate of drug-likeness (QED) is 0.299. The molecule has 0 saturated heterocycles. The SMILES string of the molecule is CCc1ccc(OS(=O)(=O)C(F)(F)F)cc1.CN(C)CCCNS(=O)[O-]. The average Bonchev–Trinajstić information content (AvgIpc) is 2.51. The van der Waals surface area contributed by atoms with Crippen LogP contribution < -0.4 is 8.91 Å². The molecule has 1 unspecified atom stereocenters. The van der Waals surface area contributed by atoms with E-state index in [2.05, 4.69) is 8.91 Å². The van der Waals surface area contributed by atoms with Crippen LogP contribution in [0.3, 0.4) is 0 Å². The summed E-state index contributed by atoms with van der Waals surface area (Å²) in [6.07, 6.45) is 1.55. The fourth-order valence-corrected chi connectivity index (χ4v) is 2.28. The molecule has 1 aromatic carbocycles. The number of aryl methyl sites for hydroxylation is 1. The van der Waals surface area contributed by atoms with Gasteiger partial charge in [-0.3, -0.25) is 4.21 Å². The van der Waals surface area contributed by atoms with Crippen molar-refractivity contribution in [3.63, 3.8) is 0 Å². The Hall–Kier alpha value is -1.21. The predicted molar refractivity (Wildman–Crippen MR) is 91.5 cm³/mol. The molecule has 1 aromatic rings. The molecular weight excluding hydrogens is 397 g/mol. The van der Waals surface area contributed by atoms with Crippen molar-refractivity contribution in [2.75, 3.05) is 27.2 Å². The number of benzene rings is 1. The number of hydrogen-bond acceptors (Lipinski definition) is 6. The third kappa shape index (κ3) is 10.7. The van der Waals surface area contributed by atoms with E-state index < -0.39 is 26.9 Å². The highest BCUT2D eigenvalue weighted by atomic mass is 32.2. The van der Waals surface area contributed by atoms with Gasteiger partial charge in [0.2, 0.25) is 0 Å². The Labute approximate surface area is 154 Å². The summed E-state index contributed by atoms with van der Waals surface area (Å²) in [5, 5.41) is 0. The number of halogens is 3. The van der Waals surface area contributed by atoms with E-state index in [0.717, 1.165) is 18.5 Å². The summed E-state index contributed by atoms with van der Waals surface area (Å²) >= 11 is -2.10. The van der Waals surface area contributed by atoms with Crippen LogP contribution in [0.1, 0.15) is 18.9 Å². The zero-order valence-corrected chi connectivity index (χ0v) is 16.2. The van der Waals surface area contributed by atoms with Gasteiger partial charge in [-0.25, -0.2) is 4.72 Å². The van der Waals surface area contributed by atoms with Crippen molar-refractivity contribution in [3.8, 4) is 5.75 Å². The molecule has 7 nitrogen and oxygen atoms in total. The van der Waals surface area contributed by atoms with Gasteiger partial charge < -0.3 is 13.6 Å². The van der Waals surface area contributed by atoms with Crippen molar-refractivity contribution in [1.29, 1.82) is 0 Å². The molecule has 0 aliphatic rings. The Balaban J connectivity index is 0.000000541. The largest absolute Gasteiger partial charge is 0.760 e. The molecule has 152 valence electrons. The van der Waals surface area contributed by atoms with Crippen molar-refractivity contribution in [1.82, 2.24) is 9.62 Å². The molecule has 0 radical (unpaired) electrons. The van der Waals surface area contributed by atoms with Crippen LogP contribution in [0.4, 0.5) is 13.2 Å². The average molecular weight is 419 g/mol. The van der Waals surface area contributed by atoms with Crippen molar-refractivity contribution in [2.45, 2.75) is 25.3 Å². The predicted octanol–water partition coefficient (Wildman–Crippen LogP) is 1.80. The lowest BCUT2D eigenvalue weighted by Crippen LogP contribution is -2.28. The summed E-state index contributed by atoms with van der Waals surface area (Å²) in [7, 11) is -1.67. The fraction of sp³-hybridized carbons (Fsp3) is 0.571. The van der Waals surface area contributed by atoms with E-state index in [0.29, 0.717) is 13.0 Å². The topological polar surface area (TPSA) is 98.8 Å². The second-order valence-electron chi connectivity index (χ2n) is 5.27. The van der Waals surface area contributed by atoms with Gasteiger partial charge in [0.05, 0.1) is 0 Å². The van der Waals surface area contributed by atoms with Gasteiger partial charge in [0.1, 0.15) is 5.75 Å². The van der Waals surface area contributed by atoms with Crippen LogP contribution >= 0.6 is 0 Å². The Morgan fingerprint density at radius 1 is 1.23 bits per heavy atom. The second kappa shape index (κ2) is 11.5. The third-order valence-electron chi connectivity index (χ3n) is 2.82. The zero-order valence-electron chi connectivity index (χ0n) is 14.6. The molecule has 26 heavy (non-hydrogen) atoms. The van der Waals surface area contributed by atoms with Gasteiger partial charge in [-0.15, -0.1) is 0 Å². The summed E-state index contributed by atoms with van der Waals surface area (Å²) in [5.41, 5.74) is -4.53. The lowest BCUT2D eigenvalue weighted by molar-refractivity contribution is -0.0500. The highest BCUT2D eigenvalue weighted by Gasteiger charge is 2.48. The first-order chi connectivity index (χ1) is 11.9. The molecule has 12 heteroatoms. The van der Waals surface area contributed by atoms with Gasteiger partial charge in [-0.1, -0.05) is 19.1 Å². The second-order valence-corrected chi connectivity index (χ2v) is 7.56. The number of hydrogen-bond donors (Lipinski definition) is 1. The smallest absolute Gasteiger partial charge is 0.534 e. The highest BCUT2D eigenvalue weighted by Crippen LogP contribution is 2.26. The molecule has 0 spiro atoms. The molecule has 0 bridgehead atoms. The fourth-order valence-electron chi connectivity index (χ4n) is 1.51. The lowest BCUT2D eigenvalue weighted by Gasteiger charge is -2.10. The van der Waals surface area contributed by atoms with E-state index in [4.69, 9.17) is 0 Å². The van der Waals surface area contributed by atoms with Gasteiger partial charge in [0, 0.05) is 17.8 Å². The van der Waals surface area contributed by atoms with Crippen LogP contribution in [0.2, 0.25) is 0 Å². The van der Waals surface area contributed by atoms with Crippen molar-refractivity contribution in [2.24, 2.45) is 0 Å². The minimum Gasteiger partial charge on any atom is -0.760 e. The molecule has 0 amide bonds. The minimum absolute atomic E-state index is 0.352. The number of rotatable bonds is 8. The van der Waals surface area contributed by atoms with E-state index in [1.165, 1.54) is 24.3 Å². The highest BCUT2D eigenvalue weighted by molar-refractivity contribution is 7.88. The number of nitrogens with one attached hydrogen (secondary N) is 1. The molecular formula is C14H22F3N2O5S2-. The van der Waals surface area contributed by atoms with Crippen LogP contribution in [-0.2, 0) is 27.8 Å². The summed E-state index contributed by atoms with van der Waals surface area (Å²) in [6.45, 7) is 3.29. The monoisotopic (exact) mass is 419 g/mol. The molecule has 0 heterocycles. The van der Waals surface area contributed by atoms with Crippen LogP contribution in [0, 0.1) is 0 Å². The Morgan fingerprint density at radius 2 is 1.77 bits per heavy atom. The minimum atomic E-state index is -5.57. The van der Waals surface area contributed by atoms with Crippen LogP contribution in [-0.4, -0.2) is 54.8 Å². The first-order valence-electron chi connectivity index (χ1n) is 7.46. The van der Waals surface area contributed by atoms with Gasteiger partial charge in [-0.2, -0.15) is 21.6 Å². The molecule has 0 aliphatic heterocycles. The normalized spacial score (nSPS) is 13.1. The summed E-state index contributed by atoms with van der Waals surface area (Å²) < 4.78 is 83.2. The van der Waals surface area contributed by atoms with Gasteiger partial charge in [0.25, 0.3) is 0 Å². The first kappa shape index (κ1) is 24.8. The van der Waals surface area contributed by atoms with Crippen LogP contribution in [0.25, 0.3) is 0 Å². The van der Waals surface area contributed by atoms with E-state index >= 15 is 0 Å². The van der Waals surface area contributed by atoms with Crippen molar-refractivity contribution >= 4 is 21.4 Å². The summed E-state index contributed by atoms with van der Waals surface area (Å²) in [5.74, 6) is -0.352. The van der Waals surface area contributed by atoms with E-state index in [1.54, 1.807) is 0 Å². The van der Waals surface area contributed by atoms with Crippen molar-refractivity contribution in [3.05, 3.63) is 29.8 Å². The maximum absolute atomic E-state index is 12.0. The van der Waals surface area contributed by atoms with Crippen molar-refractivity contribution < 1.29 is 34.5 Å². The summed E-state index contributed by atoms with van der Waals surface area (Å²) in [6, 6.07) is 5.37. The maximum atomic E-state index is 12.0. The Morgan fingerprint density at radius 3 is 2.15 bits per heavy atom. The Bertz CT molecular complexity index is 650. The maximum Gasteiger partial charge on any atom is 0.534 e. The lowest BCUT2D eigenvalue weighted by atomic mass is 10.2. The molecule has 1 rings (SSSR count). The number of alkyl halides is 3. The van der Waals surface area contributed by atoms with Crippen LogP contribution in [0.15, 0.2) is 24.3 Å². The van der Waals surface area contributed by atoms with Gasteiger partial charge >= 0.3 is 15.6 Å². The molecule has 0 aromatic heterocycles. The van der Waals surface area contributed by atoms with E-state index in [-0.39, 0.29) is 5.75 Å². The molecule has 0 aliphatic carbocycles. The first-order valence-corrected chi connectivity index (χ1v) is 9.94.